The number of hydrogen-bond donors (Lipinski definition) is 3. The Balaban J connectivity index is 0.00000544. The number of ether oxygens (including phenoxy) is 1. The van der Waals surface area contributed by atoms with Crippen molar-refractivity contribution in [3.63, 3.8) is 0 Å². The van der Waals surface area contributed by atoms with Crippen molar-refractivity contribution in [1.29, 1.82) is 0 Å². The minimum absolute atomic E-state index is 0. The molecule has 2 heterocycles. The number of H-pyrrole nitrogens is 1. The van der Waals surface area contributed by atoms with Crippen molar-refractivity contribution >= 4 is 36.0 Å². The van der Waals surface area contributed by atoms with Gasteiger partial charge < -0.3 is 24.7 Å². The van der Waals surface area contributed by atoms with E-state index in [0.717, 1.165) is 24.7 Å². The second-order valence-electron chi connectivity index (χ2n) is 9.01. The molecule has 33 heavy (non-hydrogen) atoms. The summed E-state index contributed by atoms with van der Waals surface area (Å²) in [5, 5.41) is 13.4. The van der Waals surface area contributed by atoms with Gasteiger partial charge >= 0.3 is 6.09 Å². The highest BCUT2D eigenvalue weighted by molar-refractivity contribution is 14.0. The Hall–Kier alpha value is -2.31. The Bertz CT molecular complexity index is 860. The van der Waals surface area contributed by atoms with Gasteiger partial charge in [-0.3, -0.25) is 10.1 Å². The molecule has 0 spiro atoms. The van der Waals surface area contributed by atoms with E-state index in [1.54, 1.807) is 19.4 Å². The molecule has 0 aliphatic rings. The van der Waals surface area contributed by atoms with E-state index in [2.05, 4.69) is 44.7 Å². The Labute approximate surface area is 213 Å². The van der Waals surface area contributed by atoms with Crippen LogP contribution in [0.4, 0.5) is 4.79 Å². The zero-order valence-electron chi connectivity index (χ0n) is 20.6. The molecule has 1 atom stereocenters. The van der Waals surface area contributed by atoms with Gasteiger partial charge in [-0.1, -0.05) is 13.8 Å². The van der Waals surface area contributed by atoms with Crippen molar-refractivity contribution in [1.82, 2.24) is 30.7 Å². The van der Waals surface area contributed by atoms with Crippen LogP contribution in [0.1, 0.15) is 46.9 Å². The number of furan rings is 1. The third kappa shape index (κ3) is 10.0. The van der Waals surface area contributed by atoms with Gasteiger partial charge in [0.1, 0.15) is 11.4 Å². The zero-order chi connectivity index (χ0) is 23.7. The van der Waals surface area contributed by atoms with Crippen molar-refractivity contribution < 1.29 is 13.9 Å². The van der Waals surface area contributed by atoms with E-state index in [0.29, 0.717) is 24.6 Å². The first-order valence-corrected chi connectivity index (χ1v) is 11.0. The van der Waals surface area contributed by atoms with Crippen molar-refractivity contribution in [2.75, 3.05) is 27.2 Å². The molecule has 1 unspecified atom stereocenters. The van der Waals surface area contributed by atoms with Crippen molar-refractivity contribution in [3.05, 3.63) is 24.2 Å². The summed E-state index contributed by atoms with van der Waals surface area (Å²) in [4.78, 5) is 23.0. The number of aromatic amines is 1. The molecule has 3 N–H and O–H groups in total. The van der Waals surface area contributed by atoms with E-state index < -0.39 is 5.60 Å². The molecule has 0 aromatic carbocycles. The van der Waals surface area contributed by atoms with Gasteiger partial charge in [-0.15, -0.1) is 24.0 Å². The summed E-state index contributed by atoms with van der Waals surface area (Å²) in [6.45, 7) is 11.1. The van der Waals surface area contributed by atoms with Crippen LogP contribution >= 0.6 is 24.0 Å². The molecular formula is C22H38IN7O3. The Morgan fingerprint density at radius 1 is 1.36 bits per heavy atom. The van der Waals surface area contributed by atoms with Crippen LogP contribution in [0.5, 0.6) is 0 Å². The van der Waals surface area contributed by atoms with Crippen molar-refractivity contribution in [3.8, 4) is 11.6 Å². The number of nitrogens with one attached hydrogen (secondary N) is 3. The number of hydrogen-bond acceptors (Lipinski definition) is 6. The van der Waals surface area contributed by atoms with Gasteiger partial charge in [0.25, 0.3) is 0 Å². The number of guanidine groups is 1. The average molecular weight is 575 g/mol. The quantitative estimate of drug-likeness (QED) is 0.237. The number of aromatic nitrogens is 3. The van der Waals surface area contributed by atoms with Crippen LogP contribution in [-0.2, 0) is 11.2 Å². The molecule has 0 fully saturated rings. The maximum absolute atomic E-state index is 12.2. The fourth-order valence-electron chi connectivity index (χ4n) is 3.07. The third-order valence-electron chi connectivity index (χ3n) is 4.77. The lowest BCUT2D eigenvalue weighted by Crippen LogP contribution is -2.45. The standard InChI is InChI=1S/C22H37N7O3.HI/c1-15(2)16(25-21(30)32-22(3,4)5)11-13-29(7)20(23-6)24-12-10-18-26-19(28-27-18)17-9-8-14-31-17;/h8-9,14-16H,10-13H2,1-7H3,(H,23,24)(H,25,30)(H,26,27,28);1H. The van der Waals surface area contributed by atoms with Crippen molar-refractivity contribution in [2.45, 2.75) is 59.1 Å². The van der Waals surface area contributed by atoms with Crippen LogP contribution in [0, 0.1) is 5.92 Å². The van der Waals surface area contributed by atoms with E-state index in [4.69, 9.17) is 9.15 Å². The molecule has 1 amide bonds. The summed E-state index contributed by atoms with van der Waals surface area (Å²) < 4.78 is 10.7. The fourth-order valence-corrected chi connectivity index (χ4v) is 3.07. The van der Waals surface area contributed by atoms with Gasteiger partial charge in [0.15, 0.2) is 11.7 Å². The molecule has 11 heteroatoms. The number of amides is 1. The minimum Gasteiger partial charge on any atom is -0.461 e. The summed E-state index contributed by atoms with van der Waals surface area (Å²) in [6.07, 6.45) is 2.64. The highest BCUT2D eigenvalue weighted by Crippen LogP contribution is 2.14. The summed E-state index contributed by atoms with van der Waals surface area (Å²) in [5.41, 5.74) is -0.517. The number of nitrogens with zero attached hydrogens (tertiary/aromatic N) is 4. The number of halogens is 1. The molecule has 10 nitrogen and oxygen atoms in total. The van der Waals surface area contributed by atoms with Gasteiger partial charge in [0.05, 0.1) is 6.26 Å². The highest BCUT2D eigenvalue weighted by Gasteiger charge is 2.22. The number of carbonyl (C=O) groups is 1. The topological polar surface area (TPSA) is 121 Å². The van der Waals surface area contributed by atoms with E-state index in [1.807, 2.05) is 38.8 Å². The first-order valence-electron chi connectivity index (χ1n) is 11.0. The van der Waals surface area contributed by atoms with Gasteiger partial charge in [-0.05, 0) is 45.2 Å². The van der Waals surface area contributed by atoms with Gasteiger partial charge in [-0.25, -0.2) is 9.78 Å². The number of aliphatic imine (C=N–C) groups is 1. The first-order chi connectivity index (χ1) is 15.1. The van der Waals surface area contributed by atoms with E-state index in [1.165, 1.54) is 0 Å². The molecule has 2 rings (SSSR count). The largest absolute Gasteiger partial charge is 0.461 e. The van der Waals surface area contributed by atoms with Crippen LogP contribution in [0.25, 0.3) is 11.6 Å². The number of carbonyl (C=O) groups excluding carboxylic acids is 1. The Kier molecular flexibility index (Phi) is 11.7. The van der Waals surface area contributed by atoms with Crippen LogP contribution in [0.3, 0.4) is 0 Å². The lowest BCUT2D eigenvalue weighted by Gasteiger charge is -2.28. The monoisotopic (exact) mass is 575 g/mol. The maximum Gasteiger partial charge on any atom is 0.407 e. The minimum atomic E-state index is -0.517. The second-order valence-corrected chi connectivity index (χ2v) is 9.01. The van der Waals surface area contributed by atoms with Crippen LogP contribution in [0.15, 0.2) is 27.8 Å². The zero-order valence-corrected chi connectivity index (χ0v) is 23.0. The predicted octanol–water partition coefficient (Wildman–Crippen LogP) is 3.67. The molecule has 0 aliphatic heterocycles. The maximum atomic E-state index is 12.2. The second kappa shape index (κ2) is 13.4. The lowest BCUT2D eigenvalue weighted by atomic mass is 10.0. The molecule has 2 aromatic rings. The van der Waals surface area contributed by atoms with Crippen LogP contribution in [0.2, 0.25) is 0 Å². The molecule has 0 bridgehead atoms. The average Bonchev–Trinajstić information content (AvgIpc) is 3.38. The summed E-state index contributed by atoms with van der Waals surface area (Å²) in [7, 11) is 3.73. The molecule has 186 valence electrons. The van der Waals surface area contributed by atoms with Gasteiger partial charge in [-0.2, -0.15) is 5.10 Å². The lowest BCUT2D eigenvalue weighted by molar-refractivity contribution is 0.0486. The first kappa shape index (κ1) is 28.7. The molecular weight excluding hydrogens is 537 g/mol. The number of alkyl carbamates (subject to hydrolysis) is 1. The van der Waals surface area contributed by atoms with E-state index >= 15 is 0 Å². The normalized spacial score (nSPS) is 12.8. The molecule has 0 saturated heterocycles. The molecule has 0 radical (unpaired) electrons. The van der Waals surface area contributed by atoms with Crippen LogP contribution in [-0.4, -0.2) is 71.0 Å². The SMILES string of the molecule is CN=C(NCCc1nc(-c2ccco2)n[nH]1)N(C)CCC(NC(=O)OC(C)(C)C)C(C)C.I. The smallest absolute Gasteiger partial charge is 0.407 e. The number of rotatable bonds is 9. The molecule has 0 aliphatic carbocycles. The van der Waals surface area contributed by atoms with E-state index in [-0.39, 0.29) is 42.0 Å². The van der Waals surface area contributed by atoms with Gasteiger partial charge in [0, 0.05) is 39.6 Å². The molecule has 0 saturated carbocycles. The van der Waals surface area contributed by atoms with Crippen molar-refractivity contribution in [2.24, 2.45) is 10.9 Å². The Morgan fingerprint density at radius 2 is 2.09 bits per heavy atom. The summed E-state index contributed by atoms with van der Waals surface area (Å²) in [5.74, 6) is 3.00. The predicted molar refractivity (Wildman–Crippen MR) is 140 cm³/mol. The van der Waals surface area contributed by atoms with Crippen LogP contribution < -0.4 is 10.6 Å². The van der Waals surface area contributed by atoms with E-state index in [9.17, 15) is 4.79 Å². The Morgan fingerprint density at radius 3 is 2.67 bits per heavy atom. The molecule has 2 aromatic heterocycles. The summed E-state index contributed by atoms with van der Waals surface area (Å²) >= 11 is 0. The summed E-state index contributed by atoms with van der Waals surface area (Å²) in [6, 6.07) is 3.63. The third-order valence-corrected chi connectivity index (χ3v) is 4.77. The fraction of sp³-hybridized carbons (Fsp3) is 0.636. The van der Waals surface area contributed by atoms with Gasteiger partial charge in [0.2, 0.25) is 5.82 Å². The highest BCUT2D eigenvalue weighted by atomic mass is 127.